The van der Waals surface area contributed by atoms with Crippen molar-refractivity contribution in [3.05, 3.63) is 29.8 Å². The summed E-state index contributed by atoms with van der Waals surface area (Å²) in [7, 11) is -10.2. The van der Waals surface area contributed by atoms with Crippen LogP contribution in [0.3, 0.4) is 0 Å². The largest absolute Gasteiger partial charge is 0.406 e. The van der Waals surface area contributed by atoms with E-state index < -0.39 is 35.6 Å². The summed E-state index contributed by atoms with van der Waals surface area (Å²) >= 11 is 0. The number of benzene rings is 1. The van der Waals surface area contributed by atoms with Crippen molar-refractivity contribution < 1.29 is 34.5 Å². The van der Waals surface area contributed by atoms with Gasteiger partial charge in [-0.2, -0.15) is 8.42 Å². The summed E-state index contributed by atoms with van der Waals surface area (Å²) in [5, 5.41) is -7.81. The van der Waals surface area contributed by atoms with Gasteiger partial charge in [-0.25, -0.2) is 17.4 Å². The second-order valence-corrected chi connectivity index (χ2v) is 11.8. The Labute approximate surface area is 170 Å². The topological polar surface area (TPSA) is 80.7 Å². The predicted octanol–water partition coefficient (Wildman–Crippen LogP) is 4.73. The molecule has 1 aromatic rings. The van der Waals surface area contributed by atoms with Gasteiger partial charge in [0.2, 0.25) is 10.7 Å². The van der Waals surface area contributed by atoms with Crippen LogP contribution >= 0.6 is 0 Å². The number of hydrogen-bond donors (Lipinski definition) is 1. The van der Waals surface area contributed by atoms with Crippen LogP contribution in [-0.2, 0) is 19.9 Å². The summed E-state index contributed by atoms with van der Waals surface area (Å²) in [6.07, 6.45) is 5.52. The number of alkyl halides is 3. The van der Waals surface area contributed by atoms with Gasteiger partial charge in [-0.05, 0) is 63.1 Å². The Morgan fingerprint density at radius 3 is 1.90 bits per heavy atom. The maximum Gasteiger partial charge on any atom is 0.303 e. The van der Waals surface area contributed by atoms with Crippen molar-refractivity contribution in [2.45, 2.75) is 74.5 Å². The molecule has 4 unspecified atom stereocenters. The van der Waals surface area contributed by atoms with Crippen LogP contribution < -0.4 is 4.18 Å². The molecule has 0 saturated heterocycles. The molecule has 1 aromatic carbocycles. The molecule has 1 N–H and O–H groups in total. The quantitative estimate of drug-likeness (QED) is 0.474. The van der Waals surface area contributed by atoms with E-state index in [1.165, 1.54) is 18.6 Å². The summed E-state index contributed by atoms with van der Waals surface area (Å²) in [5.74, 6) is 3.35. The molecule has 1 aliphatic carbocycles. The Hall–Kier alpha value is -1.26. The van der Waals surface area contributed by atoms with Crippen LogP contribution in [0.4, 0.5) is 13.2 Å². The van der Waals surface area contributed by atoms with Crippen LogP contribution in [0, 0.1) is 0 Å². The van der Waals surface area contributed by atoms with E-state index in [2.05, 4.69) is 5.87 Å². The van der Waals surface area contributed by atoms with Crippen molar-refractivity contribution in [1.82, 2.24) is 0 Å². The zero-order chi connectivity index (χ0) is 22.3. The summed E-state index contributed by atoms with van der Waals surface area (Å²) in [5.41, 5.74) is -2.91. The number of hydrogen-bond acceptors (Lipinski definition) is 4. The first-order valence-corrected chi connectivity index (χ1v) is 12.3. The van der Waals surface area contributed by atoms with Gasteiger partial charge in [0.15, 0.2) is 9.80 Å². The van der Waals surface area contributed by atoms with Crippen molar-refractivity contribution >= 4 is 25.8 Å². The van der Waals surface area contributed by atoms with E-state index in [1.54, 1.807) is 12.1 Å². The van der Waals surface area contributed by atoms with Gasteiger partial charge in [-0.3, -0.25) is 4.55 Å². The summed E-state index contributed by atoms with van der Waals surface area (Å²) in [6, 6.07) is 6.31. The van der Waals surface area contributed by atoms with Crippen LogP contribution in [0.5, 0.6) is 5.75 Å². The first-order chi connectivity index (χ1) is 13.0. The zero-order valence-corrected chi connectivity index (χ0v) is 18.3. The minimum absolute atomic E-state index is 0.0864. The van der Waals surface area contributed by atoms with E-state index in [0.29, 0.717) is 12.8 Å². The lowest BCUT2D eigenvalue weighted by Gasteiger charge is -2.40. The van der Waals surface area contributed by atoms with Crippen molar-refractivity contribution in [1.29, 1.82) is 0 Å². The Morgan fingerprint density at radius 1 is 0.966 bits per heavy atom. The zero-order valence-electron chi connectivity index (χ0n) is 16.7. The Balaban J connectivity index is 2.29. The minimum atomic E-state index is -5.68. The van der Waals surface area contributed by atoms with Crippen LogP contribution in [0.1, 0.15) is 64.4 Å². The average Bonchev–Trinajstić information content (AvgIpc) is 2.61. The molecule has 1 fully saturated rings. The SMILES string of the molecule is C=S(=O)(Oc1ccc(C2CCCCC2)cc1)C(C)(F)C(C)(F)C(C)(F)S(=O)(=O)O. The van der Waals surface area contributed by atoms with E-state index in [0.717, 1.165) is 31.2 Å². The lowest BCUT2D eigenvalue weighted by Crippen LogP contribution is -2.63. The number of rotatable bonds is 7. The maximum absolute atomic E-state index is 15.3. The van der Waals surface area contributed by atoms with Gasteiger partial charge in [0.1, 0.15) is 5.75 Å². The predicted molar refractivity (Wildman–Crippen MR) is 108 cm³/mol. The van der Waals surface area contributed by atoms with E-state index in [4.69, 9.17) is 8.74 Å². The standard InChI is InChI=1S/C19H27F3O5S2/c1-17(20,19(3,22)29(24,25)26)18(2,21)28(4,23)27-16-12-10-15(11-13-16)14-8-6-5-7-9-14/h10-14H,4-9H2,1-3H3,(H,24,25,26). The van der Waals surface area contributed by atoms with Crippen molar-refractivity contribution in [2.75, 3.05) is 0 Å². The van der Waals surface area contributed by atoms with Crippen LogP contribution in [0.25, 0.3) is 0 Å². The third-order valence-electron chi connectivity index (χ3n) is 5.93. The van der Waals surface area contributed by atoms with E-state index >= 15 is 8.78 Å². The van der Waals surface area contributed by atoms with Gasteiger partial charge < -0.3 is 4.18 Å². The highest BCUT2D eigenvalue weighted by atomic mass is 32.2. The van der Waals surface area contributed by atoms with E-state index in [1.807, 2.05) is 0 Å². The first-order valence-electron chi connectivity index (χ1n) is 9.24. The molecule has 0 radical (unpaired) electrons. The molecule has 10 heteroatoms. The van der Waals surface area contributed by atoms with Gasteiger partial charge in [-0.15, -0.1) is 0 Å². The second kappa shape index (κ2) is 7.77. The second-order valence-electron chi connectivity index (χ2n) is 7.91. The third-order valence-corrected chi connectivity index (χ3v) is 9.30. The first kappa shape index (κ1) is 24.0. The molecule has 0 bridgehead atoms. The molecule has 29 heavy (non-hydrogen) atoms. The van der Waals surface area contributed by atoms with Crippen molar-refractivity contribution in [2.24, 2.45) is 0 Å². The molecule has 1 aliphatic rings. The van der Waals surface area contributed by atoms with Crippen LogP contribution in [0.2, 0.25) is 0 Å². The molecule has 1 saturated carbocycles. The van der Waals surface area contributed by atoms with Gasteiger partial charge in [0.25, 0.3) is 5.00 Å². The summed E-state index contributed by atoms with van der Waals surface area (Å²) in [4.78, 5) is 0. The molecule has 0 spiro atoms. The molecule has 0 aromatic heterocycles. The van der Waals surface area contributed by atoms with Crippen molar-refractivity contribution in [3.63, 3.8) is 0 Å². The molecule has 166 valence electrons. The van der Waals surface area contributed by atoms with E-state index in [9.17, 15) is 17.0 Å². The lowest BCUT2D eigenvalue weighted by molar-refractivity contribution is -0.0413. The summed E-state index contributed by atoms with van der Waals surface area (Å²) < 4.78 is 94.2. The van der Waals surface area contributed by atoms with Crippen LogP contribution in [0.15, 0.2) is 24.3 Å². The highest BCUT2D eigenvalue weighted by molar-refractivity contribution is 7.97. The summed E-state index contributed by atoms with van der Waals surface area (Å²) in [6.45, 7) is 0.789. The van der Waals surface area contributed by atoms with Gasteiger partial charge in [0, 0.05) is 0 Å². The lowest BCUT2D eigenvalue weighted by atomic mass is 9.84. The highest BCUT2D eigenvalue weighted by Gasteiger charge is 2.69. The van der Waals surface area contributed by atoms with Crippen LogP contribution in [-0.4, -0.2) is 38.7 Å². The minimum Gasteiger partial charge on any atom is -0.406 e. The van der Waals surface area contributed by atoms with Crippen molar-refractivity contribution in [3.8, 4) is 5.75 Å². The molecule has 2 rings (SSSR count). The monoisotopic (exact) mass is 456 g/mol. The highest BCUT2D eigenvalue weighted by Crippen LogP contribution is 2.47. The molecule has 0 heterocycles. The third kappa shape index (κ3) is 4.29. The Kier molecular flexibility index (Phi) is 6.44. The molecular formula is C19H27F3O5S2. The Morgan fingerprint density at radius 2 is 1.45 bits per heavy atom. The average molecular weight is 457 g/mol. The number of halogens is 3. The molecule has 0 amide bonds. The maximum atomic E-state index is 15.3. The normalized spacial score (nSPS) is 24.5. The smallest absolute Gasteiger partial charge is 0.303 e. The van der Waals surface area contributed by atoms with Gasteiger partial charge in [0.05, 0.1) is 0 Å². The Bertz CT molecular complexity index is 931. The fraction of sp³-hybridized carbons (Fsp3) is 0.632. The fourth-order valence-electron chi connectivity index (χ4n) is 3.40. The molecule has 5 nitrogen and oxygen atoms in total. The molecule has 4 atom stereocenters. The van der Waals surface area contributed by atoms with E-state index in [-0.39, 0.29) is 19.6 Å². The van der Waals surface area contributed by atoms with Gasteiger partial charge in [-0.1, -0.05) is 31.4 Å². The van der Waals surface area contributed by atoms with Gasteiger partial charge >= 0.3 is 10.1 Å². The molecular weight excluding hydrogens is 429 g/mol. The fourth-order valence-corrected chi connectivity index (χ4v) is 5.49. The molecule has 0 aliphatic heterocycles.